The first-order valence-electron chi connectivity index (χ1n) is 5.93. The van der Waals surface area contributed by atoms with E-state index in [0.29, 0.717) is 5.65 Å². The molecule has 0 amide bonds. The number of imidazole rings is 1. The van der Waals surface area contributed by atoms with Crippen molar-refractivity contribution < 1.29 is 0 Å². The largest absolute Gasteiger partial charge is 0.368 e. The van der Waals surface area contributed by atoms with Crippen LogP contribution in [0.3, 0.4) is 0 Å². The summed E-state index contributed by atoms with van der Waals surface area (Å²) in [5.74, 6) is 1.71. The van der Waals surface area contributed by atoms with Crippen LogP contribution in [0.5, 0.6) is 0 Å². The zero-order valence-corrected chi connectivity index (χ0v) is 10.2. The summed E-state index contributed by atoms with van der Waals surface area (Å²) >= 11 is 5.84. The summed E-state index contributed by atoms with van der Waals surface area (Å²) in [6.07, 6.45) is 6.89. The second-order valence-electron chi connectivity index (χ2n) is 4.45. The van der Waals surface area contributed by atoms with Crippen LogP contribution in [0.4, 0.5) is 5.82 Å². The molecule has 0 aromatic carbocycles. The van der Waals surface area contributed by atoms with E-state index in [2.05, 4.69) is 25.3 Å². The molecule has 90 valence electrons. The minimum absolute atomic E-state index is 0.231. The first-order valence-corrected chi connectivity index (χ1v) is 6.31. The van der Waals surface area contributed by atoms with Crippen molar-refractivity contribution in [1.82, 2.24) is 19.9 Å². The van der Waals surface area contributed by atoms with Gasteiger partial charge in [0.15, 0.2) is 11.5 Å². The first kappa shape index (κ1) is 10.8. The molecule has 1 saturated carbocycles. The third kappa shape index (κ3) is 2.49. The highest BCUT2D eigenvalue weighted by atomic mass is 35.5. The van der Waals surface area contributed by atoms with E-state index in [1.54, 1.807) is 6.33 Å². The molecule has 0 spiro atoms. The van der Waals surface area contributed by atoms with E-state index in [0.717, 1.165) is 23.8 Å². The summed E-state index contributed by atoms with van der Waals surface area (Å²) in [7, 11) is 0. The van der Waals surface area contributed by atoms with Crippen LogP contribution in [0.25, 0.3) is 11.2 Å². The van der Waals surface area contributed by atoms with Crippen LogP contribution in [0, 0.1) is 5.92 Å². The van der Waals surface area contributed by atoms with Gasteiger partial charge in [0.2, 0.25) is 5.28 Å². The van der Waals surface area contributed by atoms with Crippen molar-refractivity contribution in [2.75, 3.05) is 11.9 Å². The van der Waals surface area contributed by atoms with Crippen LogP contribution in [0.2, 0.25) is 5.28 Å². The summed E-state index contributed by atoms with van der Waals surface area (Å²) in [6, 6.07) is 0. The molecule has 2 aromatic heterocycles. The third-order valence-corrected chi connectivity index (χ3v) is 3.21. The van der Waals surface area contributed by atoms with E-state index in [4.69, 9.17) is 11.6 Å². The normalized spacial score (nSPS) is 15.4. The van der Waals surface area contributed by atoms with Gasteiger partial charge in [0, 0.05) is 6.54 Å². The lowest BCUT2D eigenvalue weighted by Crippen LogP contribution is -2.05. The van der Waals surface area contributed by atoms with Gasteiger partial charge in [0.25, 0.3) is 0 Å². The van der Waals surface area contributed by atoms with E-state index in [-0.39, 0.29) is 5.28 Å². The van der Waals surface area contributed by atoms with Crippen molar-refractivity contribution in [3.05, 3.63) is 11.6 Å². The molecule has 0 aliphatic heterocycles. The van der Waals surface area contributed by atoms with Crippen LogP contribution < -0.4 is 5.32 Å². The van der Waals surface area contributed by atoms with Gasteiger partial charge in [-0.15, -0.1) is 0 Å². The summed E-state index contributed by atoms with van der Waals surface area (Å²) in [4.78, 5) is 15.3. The number of H-pyrrole nitrogens is 1. The molecule has 0 atom stereocenters. The number of aromatic amines is 1. The lowest BCUT2D eigenvalue weighted by molar-refractivity contribution is 0.686. The fourth-order valence-electron chi connectivity index (χ4n) is 1.94. The number of hydrogen-bond acceptors (Lipinski definition) is 4. The fraction of sp³-hybridized carbons (Fsp3) is 0.545. The van der Waals surface area contributed by atoms with Crippen LogP contribution in [-0.4, -0.2) is 26.5 Å². The van der Waals surface area contributed by atoms with E-state index < -0.39 is 0 Å². The monoisotopic (exact) mass is 251 g/mol. The maximum atomic E-state index is 5.84. The molecule has 2 N–H and O–H groups in total. The van der Waals surface area contributed by atoms with Crippen LogP contribution >= 0.6 is 11.6 Å². The fourth-order valence-corrected chi connectivity index (χ4v) is 2.10. The maximum absolute atomic E-state index is 5.84. The molecule has 2 heterocycles. The Morgan fingerprint density at radius 3 is 3.12 bits per heavy atom. The van der Waals surface area contributed by atoms with Crippen molar-refractivity contribution in [2.24, 2.45) is 5.92 Å². The Kier molecular flexibility index (Phi) is 2.84. The molecule has 0 unspecified atom stereocenters. The van der Waals surface area contributed by atoms with Crippen molar-refractivity contribution in [3.63, 3.8) is 0 Å². The van der Waals surface area contributed by atoms with Gasteiger partial charge in [-0.05, 0) is 30.4 Å². The van der Waals surface area contributed by atoms with Crippen LogP contribution in [0.1, 0.15) is 25.7 Å². The number of fused-ring (bicyclic) bond motifs is 1. The summed E-state index contributed by atoms with van der Waals surface area (Å²) in [5, 5.41) is 3.52. The Bertz CT molecular complexity index is 520. The van der Waals surface area contributed by atoms with E-state index >= 15 is 0 Å². The summed E-state index contributed by atoms with van der Waals surface area (Å²) < 4.78 is 0. The van der Waals surface area contributed by atoms with Crippen molar-refractivity contribution >= 4 is 28.6 Å². The minimum Gasteiger partial charge on any atom is -0.368 e. The van der Waals surface area contributed by atoms with E-state index in [9.17, 15) is 0 Å². The quantitative estimate of drug-likeness (QED) is 0.633. The van der Waals surface area contributed by atoms with Crippen LogP contribution in [-0.2, 0) is 0 Å². The SMILES string of the molecule is Clc1nc(NCCCC2CC2)c2[nH]cnc2n1. The lowest BCUT2D eigenvalue weighted by Gasteiger charge is -2.05. The lowest BCUT2D eigenvalue weighted by atomic mass is 10.2. The Morgan fingerprint density at radius 1 is 1.41 bits per heavy atom. The molecule has 0 bridgehead atoms. The highest BCUT2D eigenvalue weighted by molar-refractivity contribution is 6.28. The standard InChI is InChI=1S/C11H14ClN5/c12-11-16-9(8-10(17-11)15-6-14-8)13-5-1-2-7-3-4-7/h6-7H,1-5H2,(H2,13,14,15,16,17). The second kappa shape index (κ2) is 4.49. The summed E-state index contributed by atoms with van der Waals surface area (Å²) in [5.41, 5.74) is 1.43. The van der Waals surface area contributed by atoms with Crippen LogP contribution in [0.15, 0.2) is 6.33 Å². The number of nitrogens with zero attached hydrogens (tertiary/aromatic N) is 3. The second-order valence-corrected chi connectivity index (χ2v) is 4.79. The number of halogens is 1. The highest BCUT2D eigenvalue weighted by Gasteiger charge is 2.20. The molecule has 1 fully saturated rings. The van der Waals surface area contributed by atoms with Gasteiger partial charge in [-0.2, -0.15) is 9.97 Å². The number of anilines is 1. The van der Waals surface area contributed by atoms with Gasteiger partial charge >= 0.3 is 0 Å². The molecule has 0 radical (unpaired) electrons. The number of aromatic nitrogens is 4. The molecule has 17 heavy (non-hydrogen) atoms. The maximum Gasteiger partial charge on any atom is 0.226 e. The Labute approximate surface area is 104 Å². The smallest absolute Gasteiger partial charge is 0.226 e. The minimum atomic E-state index is 0.231. The average molecular weight is 252 g/mol. The van der Waals surface area contributed by atoms with E-state index in [1.165, 1.54) is 25.7 Å². The van der Waals surface area contributed by atoms with Gasteiger partial charge in [0.05, 0.1) is 6.33 Å². The molecule has 1 aliphatic rings. The van der Waals surface area contributed by atoms with Gasteiger partial charge < -0.3 is 10.3 Å². The molecule has 5 nitrogen and oxygen atoms in total. The van der Waals surface area contributed by atoms with Crippen molar-refractivity contribution in [3.8, 4) is 0 Å². The molecular formula is C11H14ClN5. The predicted octanol–water partition coefficient (Wildman–Crippen LogP) is 2.61. The molecule has 2 aromatic rings. The molecular weight excluding hydrogens is 238 g/mol. The van der Waals surface area contributed by atoms with Gasteiger partial charge in [-0.25, -0.2) is 4.98 Å². The highest BCUT2D eigenvalue weighted by Crippen LogP contribution is 2.33. The van der Waals surface area contributed by atoms with Crippen molar-refractivity contribution in [2.45, 2.75) is 25.7 Å². The van der Waals surface area contributed by atoms with E-state index in [1.807, 2.05) is 0 Å². The predicted molar refractivity (Wildman–Crippen MR) is 67.1 cm³/mol. The Balaban J connectivity index is 1.67. The van der Waals surface area contributed by atoms with Gasteiger partial charge in [0.1, 0.15) is 5.52 Å². The summed E-state index contributed by atoms with van der Waals surface area (Å²) in [6.45, 7) is 0.915. The molecule has 3 rings (SSSR count). The number of rotatable bonds is 5. The third-order valence-electron chi connectivity index (χ3n) is 3.04. The Hall–Kier alpha value is -1.36. The average Bonchev–Trinajstić information content (AvgIpc) is 3.01. The zero-order chi connectivity index (χ0) is 11.7. The molecule has 1 aliphatic carbocycles. The first-order chi connectivity index (χ1) is 8.33. The van der Waals surface area contributed by atoms with Gasteiger partial charge in [-0.3, -0.25) is 0 Å². The zero-order valence-electron chi connectivity index (χ0n) is 9.41. The Morgan fingerprint density at radius 2 is 2.29 bits per heavy atom. The molecule has 0 saturated heterocycles. The molecule has 6 heteroatoms. The topological polar surface area (TPSA) is 66.5 Å². The number of hydrogen-bond donors (Lipinski definition) is 2. The van der Waals surface area contributed by atoms with Gasteiger partial charge in [-0.1, -0.05) is 12.8 Å². The van der Waals surface area contributed by atoms with Crippen molar-refractivity contribution in [1.29, 1.82) is 0 Å². The number of nitrogens with one attached hydrogen (secondary N) is 2.